The second-order valence-corrected chi connectivity index (χ2v) is 6.69. The van der Waals surface area contributed by atoms with Gasteiger partial charge in [-0.2, -0.15) is 0 Å². The predicted octanol–water partition coefficient (Wildman–Crippen LogP) is 4.63. The summed E-state index contributed by atoms with van der Waals surface area (Å²) in [5, 5.41) is 1.78. The molecule has 5 heteroatoms. The van der Waals surface area contributed by atoms with Crippen molar-refractivity contribution < 1.29 is 9.53 Å². The van der Waals surface area contributed by atoms with Gasteiger partial charge in [0.05, 0.1) is 22.7 Å². The minimum atomic E-state index is -0.290. The molecule has 26 heavy (non-hydrogen) atoms. The molecule has 1 aliphatic heterocycles. The number of anilines is 1. The van der Waals surface area contributed by atoms with Gasteiger partial charge in [0.1, 0.15) is 0 Å². The van der Waals surface area contributed by atoms with E-state index in [1.54, 1.807) is 6.92 Å². The highest BCUT2D eigenvalue weighted by atomic mass is 35.5. The van der Waals surface area contributed by atoms with Crippen LogP contribution in [0.5, 0.6) is 0 Å². The van der Waals surface area contributed by atoms with Crippen molar-refractivity contribution in [1.29, 1.82) is 0 Å². The molecule has 0 radical (unpaired) electrons. The lowest BCUT2D eigenvalue weighted by Crippen LogP contribution is -2.31. The molecule has 0 saturated heterocycles. The van der Waals surface area contributed by atoms with Crippen LogP contribution < -0.4 is 4.90 Å². The van der Waals surface area contributed by atoms with E-state index in [1.807, 2.05) is 48.5 Å². The Balaban J connectivity index is 1.62. The van der Waals surface area contributed by atoms with Crippen LogP contribution in [-0.4, -0.2) is 24.1 Å². The second-order valence-electron chi connectivity index (χ2n) is 6.31. The zero-order valence-corrected chi connectivity index (χ0v) is 15.3. The van der Waals surface area contributed by atoms with Gasteiger partial charge in [-0.1, -0.05) is 29.8 Å². The number of aromatic nitrogens is 1. The Morgan fingerprint density at radius 2 is 1.96 bits per heavy atom. The van der Waals surface area contributed by atoms with Gasteiger partial charge >= 0.3 is 5.97 Å². The Labute approximate surface area is 157 Å². The van der Waals surface area contributed by atoms with Crippen molar-refractivity contribution in [1.82, 2.24) is 4.98 Å². The number of halogens is 1. The largest absolute Gasteiger partial charge is 0.462 e. The Bertz CT molecular complexity index is 970. The van der Waals surface area contributed by atoms with Gasteiger partial charge in [0.25, 0.3) is 0 Å². The molecule has 0 atom stereocenters. The first-order valence-electron chi connectivity index (χ1n) is 8.75. The number of esters is 1. The third kappa shape index (κ3) is 3.01. The van der Waals surface area contributed by atoms with Gasteiger partial charge in [0.15, 0.2) is 0 Å². The maximum Gasteiger partial charge on any atom is 0.338 e. The van der Waals surface area contributed by atoms with Crippen molar-refractivity contribution in [2.45, 2.75) is 19.9 Å². The second kappa shape index (κ2) is 6.96. The average molecular weight is 367 g/mol. The highest BCUT2D eigenvalue weighted by molar-refractivity contribution is 6.36. The molecule has 3 aromatic rings. The maximum absolute atomic E-state index is 11.8. The van der Waals surface area contributed by atoms with E-state index in [4.69, 9.17) is 21.3 Å². The average Bonchev–Trinajstić information content (AvgIpc) is 2.68. The van der Waals surface area contributed by atoms with E-state index in [-0.39, 0.29) is 5.97 Å². The van der Waals surface area contributed by atoms with Gasteiger partial charge in [0.2, 0.25) is 0 Å². The number of benzene rings is 2. The molecule has 2 heterocycles. The molecule has 4 rings (SSSR count). The molecule has 1 aliphatic rings. The van der Waals surface area contributed by atoms with Gasteiger partial charge in [-0.05, 0) is 37.3 Å². The van der Waals surface area contributed by atoms with E-state index in [0.717, 1.165) is 45.8 Å². The Morgan fingerprint density at radius 1 is 1.19 bits per heavy atom. The van der Waals surface area contributed by atoms with Crippen molar-refractivity contribution in [3.8, 4) is 0 Å². The first kappa shape index (κ1) is 16.9. The van der Waals surface area contributed by atoms with Crippen LogP contribution in [0.4, 0.5) is 5.69 Å². The Kier molecular flexibility index (Phi) is 4.51. The first-order chi connectivity index (χ1) is 12.7. The number of carbonyl (C=O) groups excluding carboxylic acids is 1. The summed E-state index contributed by atoms with van der Waals surface area (Å²) in [5.41, 5.74) is 4.74. The summed E-state index contributed by atoms with van der Waals surface area (Å²) in [6.45, 7) is 3.76. The summed E-state index contributed by atoms with van der Waals surface area (Å²) in [5.74, 6) is -0.290. The van der Waals surface area contributed by atoms with Gasteiger partial charge in [-0.15, -0.1) is 0 Å². The summed E-state index contributed by atoms with van der Waals surface area (Å²) < 4.78 is 5.04. The van der Waals surface area contributed by atoms with E-state index < -0.39 is 0 Å². The zero-order chi connectivity index (χ0) is 18.1. The molecule has 132 valence electrons. The summed E-state index contributed by atoms with van der Waals surface area (Å²) in [6.07, 6.45) is 0.847. The summed E-state index contributed by atoms with van der Waals surface area (Å²) in [7, 11) is 0. The van der Waals surface area contributed by atoms with E-state index in [1.165, 1.54) is 0 Å². The lowest BCUT2D eigenvalue weighted by Gasteiger charge is -2.31. The van der Waals surface area contributed by atoms with Crippen molar-refractivity contribution in [2.75, 3.05) is 18.1 Å². The minimum Gasteiger partial charge on any atom is -0.462 e. The standard InChI is InChI=1S/C21H19ClN2O2/c1-2-26-21(25)14-7-9-15(10-8-14)24-12-11-19-17(13-24)20(22)16-5-3-4-6-18(16)23-19/h3-10H,2,11-13H2,1H3. The number of hydrogen-bond donors (Lipinski definition) is 0. The van der Waals surface area contributed by atoms with E-state index in [0.29, 0.717) is 18.7 Å². The molecule has 1 aromatic heterocycles. The quantitative estimate of drug-likeness (QED) is 0.634. The highest BCUT2D eigenvalue weighted by Gasteiger charge is 2.22. The number of ether oxygens (including phenoxy) is 1. The first-order valence-corrected chi connectivity index (χ1v) is 9.13. The fraction of sp³-hybridized carbons (Fsp3) is 0.238. The topological polar surface area (TPSA) is 42.4 Å². The number of para-hydroxylation sites is 1. The third-order valence-corrected chi connectivity index (χ3v) is 5.15. The lowest BCUT2D eigenvalue weighted by atomic mass is 10.0. The van der Waals surface area contributed by atoms with Crippen LogP contribution in [0, 0.1) is 0 Å². The highest BCUT2D eigenvalue weighted by Crippen LogP contribution is 2.33. The molecular weight excluding hydrogens is 348 g/mol. The summed E-state index contributed by atoms with van der Waals surface area (Å²) in [4.78, 5) is 18.9. The predicted molar refractivity (Wildman–Crippen MR) is 104 cm³/mol. The molecule has 4 nitrogen and oxygen atoms in total. The van der Waals surface area contributed by atoms with Crippen LogP contribution in [0.25, 0.3) is 10.9 Å². The van der Waals surface area contributed by atoms with Crippen molar-refractivity contribution >= 4 is 34.2 Å². The Hall–Kier alpha value is -2.59. The number of nitrogens with zero attached hydrogens (tertiary/aromatic N) is 2. The molecule has 0 unspecified atom stereocenters. The monoisotopic (exact) mass is 366 g/mol. The van der Waals surface area contributed by atoms with Crippen LogP contribution in [-0.2, 0) is 17.7 Å². The third-order valence-electron chi connectivity index (χ3n) is 4.72. The Morgan fingerprint density at radius 3 is 2.73 bits per heavy atom. The van der Waals surface area contributed by atoms with E-state index in [9.17, 15) is 4.79 Å². The van der Waals surface area contributed by atoms with Gasteiger partial charge in [-0.25, -0.2) is 4.79 Å². The van der Waals surface area contributed by atoms with Gasteiger partial charge in [0, 0.05) is 41.8 Å². The number of pyridine rings is 1. The SMILES string of the molecule is CCOC(=O)c1ccc(N2CCc3nc4ccccc4c(Cl)c3C2)cc1. The molecular formula is C21H19ClN2O2. The number of fused-ring (bicyclic) bond motifs is 2. The van der Waals surface area contributed by atoms with Crippen LogP contribution in [0.3, 0.4) is 0 Å². The number of hydrogen-bond acceptors (Lipinski definition) is 4. The van der Waals surface area contributed by atoms with E-state index in [2.05, 4.69) is 4.90 Å². The number of rotatable bonds is 3. The maximum atomic E-state index is 11.8. The van der Waals surface area contributed by atoms with Crippen LogP contribution >= 0.6 is 11.6 Å². The molecule has 0 bridgehead atoms. The molecule has 0 spiro atoms. The molecule has 0 N–H and O–H groups in total. The number of carbonyl (C=O) groups is 1. The fourth-order valence-corrected chi connectivity index (χ4v) is 3.71. The van der Waals surface area contributed by atoms with Crippen molar-refractivity contribution in [3.63, 3.8) is 0 Å². The van der Waals surface area contributed by atoms with Crippen molar-refractivity contribution in [3.05, 3.63) is 70.4 Å². The van der Waals surface area contributed by atoms with Crippen LogP contribution in [0.1, 0.15) is 28.5 Å². The summed E-state index contributed by atoms with van der Waals surface area (Å²) in [6, 6.07) is 15.5. The summed E-state index contributed by atoms with van der Waals surface area (Å²) >= 11 is 6.69. The smallest absolute Gasteiger partial charge is 0.338 e. The van der Waals surface area contributed by atoms with Gasteiger partial charge < -0.3 is 9.64 Å². The molecule has 0 amide bonds. The van der Waals surface area contributed by atoms with Gasteiger partial charge in [-0.3, -0.25) is 4.98 Å². The molecule has 0 saturated carbocycles. The fourth-order valence-electron chi connectivity index (χ4n) is 3.38. The van der Waals surface area contributed by atoms with E-state index >= 15 is 0 Å². The lowest BCUT2D eigenvalue weighted by molar-refractivity contribution is 0.0526. The zero-order valence-electron chi connectivity index (χ0n) is 14.5. The molecule has 0 fully saturated rings. The molecule has 2 aromatic carbocycles. The normalized spacial score (nSPS) is 13.5. The van der Waals surface area contributed by atoms with Crippen molar-refractivity contribution in [2.24, 2.45) is 0 Å². The molecule has 0 aliphatic carbocycles. The van der Waals surface area contributed by atoms with Crippen LogP contribution in [0.15, 0.2) is 48.5 Å². The minimum absolute atomic E-state index is 0.290. The van der Waals surface area contributed by atoms with Crippen LogP contribution in [0.2, 0.25) is 5.02 Å².